The first-order valence-electron chi connectivity index (χ1n) is 11.2. The second-order valence-corrected chi connectivity index (χ2v) is 8.18. The Kier molecular flexibility index (Phi) is 6.83. The molecule has 0 unspecified atom stereocenters. The van der Waals surface area contributed by atoms with Gasteiger partial charge in [0, 0.05) is 44.7 Å². The third-order valence-electron chi connectivity index (χ3n) is 6.03. The molecule has 1 fully saturated rings. The lowest BCUT2D eigenvalue weighted by molar-refractivity contribution is -0.131. The third-order valence-corrected chi connectivity index (χ3v) is 6.03. The van der Waals surface area contributed by atoms with Gasteiger partial charge >= 0.3 is 0 Å². The van der Waals surface area contributed by atoms with Crippen LogP contribution in [0.1, 0.15) is 31.7 Å². The Bertz CT molecular complexity index is 1090. The SMILES string of the molecule is CCC(=O)N(C)C1CCN(c2cnc(N)c(-c3nnc(-c4ccc(CNC)cc4)o3)n2)CC1. The molecule has 0 aliphatic carbocycles. The Morgan fingerprint density at radius 1 is 1.21 bits per heavy atom. The van der Waals surface area contributed by atoms with E-state index >= 15 is 0 Å². The molecule has 0 saturated carbocycles. The fraction of sp³-hybridized carbons (Fsp3) is 0.435. The smallest absolute Gasteiger partial charge is 0.270 e. The van der Waals surface area contributed by atoms with Crippen LogP contribution in [0.15, 0.2) is 34.9 Å². The Labute approximate surface area is 193 Å². The van der Waals surface area contributed by atoms with Crippen molar-refractivity contribution in [1.82, 2.24) is 30.4 Å². The maximum absolute atomic E-state index is 12.0. The Hall–Kier alpha value is -3.53. The summed E-state index contributed by atoms with van der Waals surface area (Å²) in [6.45, 7) is 4.23. The van der Waals surface area contributed by atoms with Crippen molar-refractivity contribution in [2.45, 2.75) is 38.8 Å². The fourth-order valence-corrected chi connectivity index (χ4v) is 4.04. The Balaban J connectivity index is 1.49. The highest BCUT2D eigenvalue weighted by Crippen LogP contribution is 2.28. The van der Waals surface area contributed by atoms with Crippen LogP contribution in [-0.2, 0) is 11.3 Å². The molecule has 10 nitrogen and oxygen atoms in total. The van der Waals surface area contributed by atoms with Crippen molar-refractivity contribution in [2.75, 3.05) is 37.8 Å². The number of rotatable bonds is 7. The van der Waals surface area contributed by atoms with Gasteiger partial charge in [0.25, 0.3) is 5.89 Å². The molecule has 2 aromatic heterocycles. The summed E-state index contributed by atoms with van der Waals surface area (Å²) in [5.41, 5.74) is 8.45. The van der Waals surface area contributed by atoms with Crippen LogP contribution in [0.25, 0.3) is 23.0 Å². The van der Waals surface area contributed by atoms with E-state index in [4.69, 9.17) is 10.2 Å². The molecule has 3 N–H and O–H groups in total. The number of nitrogens with two attached hydrogens (primary N) is 1. The summed E-state index contributed by atoms with van der Waals surface area (Å²) in [5.74, 6) is 1.75. The van der Waals surface area contributed by atoms with Gasteiger partial charge in [-0.1, -0.05) is 19.1 Å². The zero-order valence-electron chi connectivity index (χ0n) is 19.3. The molecule has 0 spiro atoms. The van der Waals surface area contributed by atoms with Gasteiger partial charge in [-0.05, 0) is 37.6 Å². The molecule has 4 rings (SSSR count). The molecule has 1 saturated heterocycles. The summed E-state index contributed by atoms with van der Waals surface area (Å²) >= 11 is 0. The van der Waals surface area contributed by atoms with Gasteiger partial charge in [-0.2, -0.15) is 0 Å². The summed E-state index contributed by atoms with van der Waals surface area (Å²) in [4.78, 5) is 25.0. The quantitative estimate of drug-likeness (QED) is 0.557. The number of piperidine rings is 1. The largest absolute Gasteiger partial charge is 0.414 e. The summed E-state index contributed by atoms with van der Waals surface area (Å²) in [6, 6.07) is 8.16. The lowest BCUT2D eigenvalue weighted by Gasteiger charge is -2.37. The van der Waals surface area contributed by atoms with Crippen molar-refractivity contribution in [2.24, 2.45) is 0 Å². The molecule has 1 amide bonds. The van der Waals surface area contributed by atoms with E-state index in [1.807, 2.05) is 50.2 Å². The molecular formula is C23H30N8O2. The zero-order valence-corrected chi connectivity index (χ0v) is 19.3. The maximum atomic E-state index is 12.0. The van der Waals surface area contributed by atoms with Gasteiger partial charge in [0.15, 0.2) is 11.5 Å². The fourth-order valence-electron chi connectivity index (χ4n) is 4.04. The number of carbonyl (C=O) groups is 1. The first-order valence-corrected chi connectivity index (χ1v) is 11.2. The maximum Gasteiger partial charge on any atom is 0.270 e. The minimum atomic E-state index is 0.173. The number of amides is 1. The molecule has 1 aliphatic rings. The van der Waals surface area contributed by atoms with Gasteiger partial charge in [0.05, 0.1) is 6.20 Å². The van der Waals surface area contributed by atoms with E-state index in [0.29, 0.717) is 23.8 Å². The van der Waals surface area contributed by atoms with Gasteiger partial charge in [-0.3, -0.25) is 4.79 Å². The normalized spacial score (nSPS) is 14.5. The predicted molar refractivity (Wildman–Crippen MR) is 126 cm³/mol. The van der Waals surface area contributed by atoms with Crippen LogP contribution >= 0.6 is 0 Å². The number of hydrogen-bond donors (Lipinski definition) is 2. The molecule has 10 heteroatoms. The number of carbonyl (C=O) groups excluding carboxylic acids is 1. The van der Waals surface area contributed by atoms with Crippen LogP contribution in [0, 0.1) is 0 Å². The van der Waals surface area contributed by atoms with Crippen molar-refractivity contribution in [3.63, 3.8) is 0 Å². The number of nitrogens with zero attached hydrogens (tertiary/aromatic N) is 6. The van der Waals surface area contributed by atoms with Crippen LogP contribution in [-0.4, -0.2) is 64.2 Å². The van der Waals surface area contributed by atoms with Gasteiger partial charge in [-0.25, -0.2) is 9.97 Å². The molecule has 1 aliphatic heterocycles. The van der Waals surface area contributed by atoms with Crippen molar-refractivity contribution in [3.8, 4) is 23.0 Å². The van der Waals surface area contributed by atoms with Gasteiger partial charge in [0.1, 0.15) is 5.82 Å². The summed E-state index contributed by atoms with van der Waals surface area (Å²) < 4.78 is 5.88. The van der Waals surface area contributed by atoms with Gasteiger partial charge in [-0.15, -0.1) is 10.2 Å². The third kappa shape index (κ3) is 4.95. The van der Waals surface area contributed by atoms with Crippen LogP contribution < -0.4 is 16.0 Å². The topological polar surface area (TPSA) is 126 Å². The molecular weight excluding hydrogens is 420 g/mol. The van der Waals surface area contributed by atoms with Gasteiger partial charge in [0.2, 0.25) is 11.8 Å². The minimum absolute atomic E-state index is 0.173. The van der Waals surface area contributed by atoms with E-state index in [0.717, 1.165) is 43.6 Å². The number of hydrogen-bond acceptors (Lipinski definition) is 9. The highest BCUT2D eigenvalue weighted by Gasteiger charge is 2.26. The molecule has 1 aromatic carbocycles. The monoisotopic (exact) mass is 450 g/mol. The number of nitrogens with one attached hydrogen (secondary N) is 1. The molecule has 0 radical (unpaired) electrons. The van der Waals surface area contributed by atoms with E-state index in [1.165, 1.54) is 0 Å². The summed E-state index contributed by atoms with van der Waals surface area (Å²) in [5, 5.41) is 11.4. The van der Waals surface area contributed by atoms with Crippen molar-refractivity contribution < 1.29 is 9.21 Å². The summed E-state index contributed by atoms with van der Waals surface area (Å²) in [7, 11) is 3.79. The highest BCUT2D eigenvalue weighted by atomic mass is 16.4. The van der Waals surface area contributed by atoms with Crippen LogP contribution in [0.2, 0.25) is 0 Å². The van der Waals surface area contributed by atoms with Crippen LogP contribution in [0.5, 0.6) is 0 Å². The second kappa shape index (κ2) is 9.95. The zero-order chi connectivity index (χ0) is 23.4. The highest BCUT2D eigenvalue weighted by molar-refractivity contribution is 5.75. The number of aromatic nitrogens is 4. The predicted octanol–water partition coefficient (Wildman–Crippen LogP) is 2.33. The van der Waals surface area contributed by atoms with E-state index in [-0.39, 0.29) is 23.7 Å². The molecule has 0 bridgehead atoms. The first-order chi connectivity index (χ1) is 16.0. The molecule has 33 heavy (non-hydrogen) atoms. The van der Waals surface area contributed by atoms with Crippen molar-refractivity contribution >= 4 is 17.5 Å². The average molecular weight is 451 g/mol. The van der Waals surface area contributed by atoms with E-state index in [1.54, 1.807) is 6.20 Å². The van der Waals surface area contributed by atoms with Gasteiger partial charge < -0.3 is 25.3 Å². The average Bonchev–Trinajstić information content (AvgIpc) is 3.34. The first kappa shape index (κ1) is 22.7. The molecule has 174 valence electrons. The second-order valence-electron chi connectivity index (χ2n) is 8.18. The van der Waals surface area contributed by atoms with E-state index in [9.17, 15) is 4.79 Å². The summed E-state index contributed by atoms with van der Waals surface area (Å²) in [6.07, 6.45) is 3.93. The lowest BCUT2D eigenvalue weighted by atomic mass is 10.0. The molecule has 3 aromatic rings. The van der Waals surface area contributed by atoms with E-state index < -0.39 is 0 Å². The Morgan fingerprint density at radius 3 is 2.58 bits per heavy atom. The number of anilines is 2. The molecule has 3 heterocycles. The molecule has 0 atom stereocenters. The van der Waals surface area contributed by atoms with E-state index in [2.05, 4.69) is 30.4 Å². The lowest BCUT2D eigenvalue weighted by Crippen LogP contribution is -2.45. The number of nitrogen functional groups attached to an aromatic ring is 1. The minimum Gasteiger partial charge on any atom is -0.414 e. The Morgan fingerprint density at radius 2 is 1.91 bits per heavy atom. The standard InChI is InChI=1S/C23H30N8O2/c1-4-19(32)30(3)17-9-11-31(12-10-17)18-14-26-21(24)20(27-18)23-29-28-22(33-23)16-7-5-15(6-8-16)13-25-2/h5-8,14,17,25H,4,9-13H2,1-3H3,(H2,24,26). The number of benzene rings is 1. The van der Waals surface area contributed by atoms with Crippen molar-refractivity contribution in [3.05, 3.63) is 36.0 Å². The van der Waals surface area contributed by atoms with Crippen LogP contribution in [0.3, 0.4) is 0 Å². The van der Waals surface area contributed by atoms with Crippen LogP contribution in [0.4, 0.5) is 11.6 Å². The van der Waals surface area contributed by atoms with Crippen molar-refractivity contribution in [1.29, 1.82) is 0 Å².